The van der Waals surface area contributed by atoms with Crippen LogP contribution >= 0.6 is 27.3 Å². The Kier molecular flexibility index (Phi) is 2.99. The van der Waals surface area contributed by atoms with Crippen LogP contribution in [-0.2, 0) is 6.42 Å². The summed E-state index contributed by atoms with van der Waals surface area (Å²) >= 11 is 5.24. The van der Waals surface area contributed by atoms with Crippen molar-refractivity contribution in [1.29, 1.82) is 0 Å². The second kappa shape index (κ2) is 4.24. The summed E-state index contributed by atoms with van der Waals surface area (Å²) in [6, 6.07) is 6.48. The van der Waals surface area contributed by atoms with Crippen LogP contribution in [0.4, 0.5) is 0 Å². The molecule has 0 spiro atoms. The average molecular weight is 268 g/mol. The maximum atomic E-state index is 4.07. The number of aromatic nitrogens is 1. The van der Waals surface area contributed by atoms with Gasteiger partial charge in [0.2, 0.25) is 0 Å². The van der Waals surface area contributed by atoms with Gasteiger partial charge in [0.25, 0.3) is 0 Å². The highest BCUT2D eigenvalue weighted by atomic mass is 79.9. The van der Waals surface area contributed by atoms with Gasteiger partial charge in [-0.1, -0.05) is 28.1 Å². The van der Waals surface area contributed by atoms with Gasteiger partial charge in [0.1, 0.15) is 0 Å². The average Bonchev–Trinajstić information content (AvgIpc) is 2.64. The van der Waals surface area contributed by atoms with Crippen LogP contribution < -0.4 is 0 Å². The number of rotatable bonds is 2. The molecule has 0 aliphatic heterocycles. The molecule has 0 amide bonds. The Bertz CT molecular complexity index is 423. The topological polar surface area (TPSA) is 12.9 Å². The zero-order valence-corrected chi connectivity index (χ0v) is 10.2. The number of halogens is 1. The van der Waals surface area contributed by atoms with E-state index in [4.69, 9.17) is 0 Å². The minimum absolute atomic E-state index is 0.976. The van der Waals surface area contributed by atoms with Crippen LogP contribution in [0.3, 0.4) is 0 Å². The molecule has 0 fully saturated rings. The van der Waals surface area contributed by atoms with E-state index in [9.17, 15) is 0 Å². The first kappa shape index (κ1) is 9.87. The highest BCUT2D eigenvalue weighted by molar-refractivity contribution is 9.10. The van der Waals surface area contributed by atoms with Gasteiger partial charge < -0.3 is 0 Å². The second-order valence-electron chi connectivity index (χ2n) is 3.23. The summed E-state index contributed by atoms with van der Waals surface area (Å²) in [5.74, 6) is 0. The fraction of sp³-hybridized carbons (Fsp3) is 0.182. The molecule has 0 bridgehead atoms. The summed E-state index contributed by atoms with van der Waals surface area (Å²) < 4.78 is 1.18. The van der Waals surface area contributed by atoms with E-state index in [-0.39, 0.29) is 0 Å². The van der Waals surface area contributed by atoms with E-state index in [1.807, 2.05) is 11.7 Å². The fourth-order valence-electron chi connectivity index (χ4n) is 1.28. The Morgan fingerprint density at radius 2 is 2.29 bits per heavy atom. The SMILES string of the molecule is Cc1ccc(Cc2cncs2)cc1Br. The Morgan fingerprint density at radius 3 is 2.93 bits per heavy atom. The smallest absolute Gasteiger partial charge is 0.0794 e. The van der Waals surface area contributed by atoms with Crippen molar-refractivity contribution in [2.45, 2.75) is 13.3 Å². The molecule has 2 aromatic rings. The normalized spacial score (nSPS) is 10.4. The van der Waals surface area contributed by atoms with E-state index in [1.54, 1.807) is 11.3 Å². The number of hydrogen-bond donors (Lipinski definition) is 0. The van der Waals surface area contributed by atoms with E-state index in [2.05, 4.69) is 46.0 Å². The van der Waals surface area contributed by atoms with Crippen LogP contribution in [0.15, 0.2) is 34.4 Å². The second-order valence-corrected chi connectivity index (χ2v) is 5.05. The van der Waals surface area contributed by atoms with Gasteiger partial charge in [-0.05, 0) is 24.1 Å². The summed E-state index contributed by atoms with van der Waals surface area (Å²) in [6.07, 6.45) is 2.90. The molecule has 0 unspecified atom stereocenters. The van der Waals surface area contributed by atoms with Gasteiger partial charge in [-0.25, -0.2) is 0 Å². The third kappa shape index (κ3) is 2.22. The predicted octanol–water partition coefficient (Wildman–Crippen LogP) is 3.80. The van der Waals surface area contributed by atoms with Crippen LogP contribution in [0.1, 0.15) is 16.0 Å². The first-order chi connectivity index (χ1) is 6.75. The molecule has 1 aromatic carbocycles. The number of thiazole rings is 1. The van der Waals surface area contributed by atoms with Crippen molar-refractivity contribution in [3.8, 4) is 0 Å². The highest BCUT2D eigenvalue weighted by Gasteiger charge is 2.00. The Labute approximate surface area is 95.9 Å². The van der Waals surface area contributed by atoms with Crippen LogP contribution in [0.5, 0.6) is 0 Å². The summed E-state index contributed by atoms with van der Waals surface area (Å²) in [4.78, 5) is 5.37. The lowest BCUT2D eigenvalue weighted by atomic mass is 10.1. The van der Waals surface area contributed by atoms with E-state index in [0.29, 0.717) is 0 Å². The van der Waals surface area contributed by atoms with Crippen molar-refractivity contribution >= 4 is 27.3 Å². The van der Waals surface area contributed by atoms with E-state index in [1.165, 1.54) is 20.5 Å². The van der Waals surface area contributed by atoms with Gasteiger partial charge in [-0.3, -0.25) is 4.98 Å². The number of aryl methyl sites for hydroxylation is 1. The number of benzene rings is 1. The predicted molar refractivity (Wildman–Crippen MR) is 63.8 cm³/mol. The Hall–Kier alpha value is -0.670. The maximum absolute atomic E-state index is 4.07. The molecule has 0 N–H and O–H groups in total. The molecule has 1 aromatic heterocycles. The maximum Gasteiger partial charge on any atom is 0.0794 e. The molecule has 0 aliphatic rings. The molecular formula is C11H10BrNS. The molecule has 1 heterocycles. The molecule has 0 saturated heterocycles. The molecular weight excluding hydrogens is 258 g/mol. The third-order valence-electron chi connectivity index (χ3n) is 2.10. The van der Waals surface area contributed by atoms with Crippen LogP contribution in [-0.4, -0.2) is 4.98 Å². The summed E-state index contributed by atoms with van der Waals surface area (Å²) in [5.41, 5.74) is 4.48. The molecule has 0 atom stereocenters. The van der Waals surface area contributed by atoms with Crippen LogP contribution in [0.25, 0.3) is 0 Å². The van der Waals surface area contributed by atoms with Gasteiger partial charge >= 0.3 is 0 Å². The number of nitrogens with zero attached hydrogens (tertiary/aromatic N) is 1. The van der Waals surface area contributed by atoms with Crippen molar-refractivity contribution < 1.29 is 0 Å². The molecule has 14 heavy (non-hydrogen) atoms. The molecule has 1 nitrogen and oxygen atoms in total. The summed E-state index contributed by atoms with van der Waals surface area (Å²) in [5, 5.41) is 0. The Morgan fingerprint density at radius 1 is 1.43 bits per heavy atom. The minimum Gasteiger partial charge on any atom is -0.253 e. The van der Waals surface area contributed by atoms with Gasteiger partial charge in [0.05, 0.1) is 5.51 Å². The Balaban J connectivity index is 2.22. The first-order valence-corrected chi connectivity index (χ1v) is 6.05. The quantitative estimate of drug-likeness (QED) is 0.807. The lowest BCUT2D eigenvalue weighted by Crippen LogP contribution is -1.86. The summed E-state index contributed by atoms with van der Waals surface area (Å²) in [7, 11) is 0. The zero-order valence-electron chi connectivity index (χ0n) is 7.83. The van der Waals surface area contributed by atoms with Gasteiger partial charge in [-0.15, -0.1) is 11.3 Å². The minimum atomic E-state index is 0.976. The van der Waals surface area contributed by atoms with Gasteiger partial charge in [0, 0.05) is 22.0 Å². The van der Waals surface area contributed by atoms with Crippen LogP contribution in [0.2, 0.25) is 0 Å². The largest absolute Gasteiger partial charge is 0.253 e. The molecule has 0 radical (unpaired) electrons. The molecule has 0 saturated carbocycles. The van der Waals surface area contributed by atoms with Crippen molar-refractivity contribution in [3.05, 3.63) is 50.4 Å². The van der Waals surface area contributed by atoms with Crippen molar-refractivity contribution in [2.75, 3.05) is 0 Å². The van der Waals surface area contributed by atoms with E-state index in [0.717, 1.165) is 6.42 Å². The molecule has 72 valence electrons. The van der Waals surface area contributed by atoms with Crippen LogP contribution in [0, 0.1) is 6.92 Å². The number of hydrogen-bond acceptors (Lipinski definition) is 2. The first-order valence-electron chi connectivity index (χ1n) is 4.38. The third-order valence-corrected chi connectivity index (χ3v) is 3.73. The van der Waals surface area contributed by atoms with Crippen molar-refractivity contribution in [2.24, 2.45) is 0 Å². The lowest BCUT2D eigenvalue weighted by molar-refractivity contribution is 1.20. The van der Waals surface area contributed by atoms with E-state index >= 15 is 0 Å². The molecule has 3 heteroatoms. The van der Waals surface area contributed by atoms with Crippen molar-refractivity contribution in [1.82, 2.24) is 4.98 Å². The highest BCUT2D eigenvalue weighted by Crippen LogP contribution is 2.20. The monoisotopic (exact) mass is 267 g/mol. The van der Waals surface area contributed by atoms with E-state index < -0.39 is 0 Å². The zero-order chi connectivity index (χ0) is 9.97. The van der Waals surface area contributed by atoms with Gasteiger partial charge in [-0.2, -0.15) is 0 Å². The lowest BCUT2D eigenvalue weighted by Gasteiger charge is -2.02. The fourth-order valence-corrected chi connectivity index (χ4v) is 2.33. The molecule has 2 rings (SSSR count). The molecule has 0 aliphatic carbocycles. The summed E-state index contributed by atoms with van der Waals surface area (Å²) in [6.45, 7) is 2.10. The van der Waals surface area contributed by atoms with Crippen molar-refractivity contribution in [3.63, 3.8) is 0 Å². The van der Waals surface area contributed by atoms with Gasteiger partial charge in [0.15, 0.2) is 0 Å². The standard InChI is InChI=1S/C11H10BrNS/c1-8-2-3-9(5-11(8)12)4-10-6-13-7-14-10/h2-3,5-7H,4H2,1H3.